The fourth-order valence-corrected chi connectivity index (χ4v) is 2.43. The van der Waals surface area contributed by atoms with Gasteiger partial charge in [0.05, 0.1) is 4.92 Å². The molecule has 3 rings (SSSR count). The summed E-state index contributed by atoms with van der Waals surface area (Å²) in [5, 5.41) is 17.9. The molecule has 1 aromatic heterocycles. The van der Waals surface area contributed by atoms with Crippen molar-refractivity contribution in [2.75, 3.05) is 5.32 Å². The standard InChI is InChI=1S/C19H18N4O4/c1-13-7-8-15(11-14(13)2)20-19(24)16-9-10-22(21-16)12-27-18-6-4-3-5-17(18)23(25)26/h3-11H,12H2,1-2H3,(H,20,24). The number of benzene rings is 2. The van der Waals surface area contributed by atoms with Gasteiger partial charge in [-0.2, -0.15) is 5.10 Å². The monoisotopic (exact) mass is 366 g/mol. The highest BCUT2D eigenvalue weighted by molar-refractivity contribution is 6.02. The van der Waals surface area contributed by atoms with Gasteiger partial charge in [-0.15, -0.1) is 0 Å². The summed E-state index contributed by atoms with van der Waals surface area (Å²) in [6.07, 6.45) is 1.57. The Morgan fingerprint density at radius 2 is 1.96 bits per heavy atom. The molecule has 0 spiro atoms. The third kappa shape index (κ3) is 4.30. The van der Waals surface area contributed by atoms with E-state index in [9.17, 15) is 14.9 Å². The van der Waals surface area contributed by atoms with Gasteiger partial charge in [-0.1, -0.05) is 18.2 Å². The van der Waals surface area contributed by atoms with Gasteiger partial charge in [0.1, 0.15) is 0 Å². The zero-order valence-corrected chi connectivity index (χ0v) is 14.9. The Hall–Kier alpha value is -3.68. The van der Waals surface area contributed by atoms with E-state index in [2.05, 4.69) is 10.4 Å². The van der Waals surface area contributed by atoms with Gasteiger partial charge in [0, 0.05) is 18.0 Å². The van der Waals surface area contributed by atoms with E-state index >= 15 is 0 Å². The average molecular weight is 366 g/mol. The van der Waals surface area contributed by atoms with Crippen LogP contribution in [0.5, 0.6) is 5.75 Å². The first kappa shape index (κ1) is 18.1. The lowest BCUT2D eigenvalue weighted by Crippen LogP contribution is -2.14. The van der Waals surface area contributed by atoms with Crippen molar-refractivity contribution in [3.8, 4) is 5.75 Å². The molecule has 138 valence electrons. The van der Waals surface area contributed by atoms with Gasteiger partial charge in [0.15, 0.2) is 18.2 Å². The van der Waals surface area contributed by atoms with Gasteiger partial charge in [0.2, 0.25) is 0 Å². The van der Waals surface area contributed by atoms with Crippen molar-refractivity contribution in [3.05, 3.63) is 81.7 Å². The van der Waals surface area contributed by atoms with Crippen LogP contribution in [0.1, 0.15) is 21.6 Å². The van der Waals surface area contributed by atoms with Crippen LogP contribution in [0, 0.1) is 24.0 Å². The van der Waals surface area contributed by atoms with E-state index in [1.165, 1.54) is 16.8 Å². The van der Waals surface area contributed by atoms with E-state index in [4.69, 9.17) is 4.74 Å². The molecule has 1 heterocycles. The molecule has 0 aliphatic heterocycles. The van der Waals surface area contributed by atoms with Gasteiger partial charge in [-0.05, 0) is 49.2 Å². The summed E-state index contributed by atoms with van der Waals surface area (Å²) in [5.74, 6) is -0.207. The number of rotatable bonds is 6. The Bertz CT molecular complexity index is 997. The Morgan fingerprint density at radius 1 is 1.19 bits per heavy atom. The number of ether oxygens (including phenoxy) is 1. The smallest absolute Gasteiger partial charge is 0.311 e. The predicted molar refractivity (Wildman–Crippen MR) is 99.8 cm³/mol. The van der Waals surface area contributed by atoms with Crippen molar-refractivity contribution in [2.45, 2.75) is 20.6 Å². The molecule has 27 heavy (non-hydrogen) atoms. The second-order valence-electron chi connectivity index (χ2n) is 5.99. The number of hydrogen-bond donors (Lipinski definition) is 1. The largest absolute Gasteiger partial charge is 0.464 e. The van der Waals surface area contributed by atoms with Crippen molar-refractivity contribution in [1.29, 1.82) is 0 Å². The molecule has 0 saturated heterocycles. The van der Waals surface area contributed by atoms with Gasteiger partial charge in [-0.3, -0.25) is 14.9 Å². The maximum atomic E-state index is 12.3. The van der Waals surface area contributed by atoms with Crippen LogP contribution in [-0.2, 0) is 6.73 Å². The first-order valence-corrected chi connectivity index (χ1v) is 8.22. The van der Waals surface area contributed by atoms with Crippen LogP contribution in [0.25, 0.3) is 0 Å². The number of amides is 1. The SMILES string of the molecule is Cc1ccc(NC(=O)c2ccn(COc3ccccc3[N+](=O)[O-])n2)cc1C. The summed E-state index contributed by atoms with van der Waals surface area (Å²) in [7, 11) is 0. The van der Waals surface area contributed by atoms with E-state index in [1.54, 1.807) is 24.4 Å². The number of nitro groups is 1. The molecule has 2 aromatic carbocycles. The Balaban J connectivity index is 1.65. The number of nitro benzene ring substituents is 1. The highest BCUT2D eigenvalue weighted by Gasteiger charge is 2.15. The van der Waals surface area contributed by atoms with Crippen LogP contribution < -0.4 is 10.1 Å². The van der Waals surface area contributed by atoms with Crippen LogP contribution in [-0.4, -0.2) is 20.6 Å². The molecule has 0 saturated carbocycles. The summed E-state index contributed by atoms with van der Waals surface area (Å²) in [6, 6.07) is 13.3. The van der Waals surface area contributed by atoms with E-state index in [0.717, 1.165) is 11.1 Å². The highest BCUT2D eigenvalue weighted by atomic mass is 16.6. The molecule has 0 aliphatic carbocycles. The number of hydrogen-bond acceptors (Lipinski definition) is 5. The van der Waals surface area contributed by atoms with Gasteiger partial charge in [-0.25, -0.2) is 4.68 Å². The number of para-hydroxylation sites is 2. The second kappa shape index (κ2) is 7.69. The fraction of sp³-hybridized carbons (Fsp3) is 0.158. The summed E-state index contributed by atoms with van der Waals surface area (Å²) < 4.78 is 6.85. The molecule has 8 nitrogen and oxygen atoms in total. The zero-order valence-electron chi connectivity index (χ0n) is 14.9. The van der Waals surface area contributed by atoms with E-state index in [-0.39, 0.29) is 29.8 Å². The van der Waals surface area contributed by atoms with Crippen LogP contribution in [0.15, 0.2) is 54.7 Å². The van der Waals surface area contributed by atoms with Crippen LogP contribution in [0.2, 0.25) is 0 Å². The van der Waals surface area contributed by atoms with Gasteiger partial charge >= 0.3 is 5.69 Å². The number of nitrogens with one attached hydrogen (secondary N) is 1. The molecule has 8 heteroatoms. The van der Waals surface area contributed by atoms with E-state index in [0.29, 0.717) is 5.69 Å². The molecule has 0 fully saturated rings. The summed E-state index contributed by atoms with van der Waals surface area (Å²) in [6.45, 7) is 3.92. The molecule has 3 aromatic rings. The number of carbonyl (C=O) groups is 1. The van der Waals surface area contributed by atoms with Crippen molar-refractivity contribution in [3.63, 3.8) is 0 Å². The number of aryl methyl sites for hydroxylation is 2. The van der Waals surface area contributed by atoms with Crippen LogP contribution >= 0.6 is 0 Å². The molecule has 0 aliphatic rings. The van der Waals surface area contributed by atoms with Crippen molar-refractivity contribution in [2.24, 2.45) is 0 Å². The number of carbonyl (C=O) groups excluding carboxylic acids is 1. The van der Waals surface area contributed by atoms with Crippen LogP contribution in [0.4, 0.5) is 11.4 Å². The third-order valence-corrected chi connectivity index (χ3v) is 4.05. The maximum absolute atomic E-state index is 12.3. The van der Waals surface area contributed by atoms with Gasteiger partial charge < -0.3 is 10.1 Å². The lowest BCUT2D eigenvalue weighted by Gasteiger charge is -2.07. The predicted octanol–water partition coefficient (Wildman–Crippen LogP) is 3.70. The minimum Gasteiger partial charge on any atom is -0.464 e. The number of nitrogens with zero attached hydrogens (tertiary/aromatic N) is 3. The molecule has 1 N–H and O–H groups in total. The fourth-order valence-electron chi connectivity index (χ4n) is 2.43. The molecule has 0 radical (unpaired) electrons. The molecular weight excluding hydrogens is 348 g/mol. The molecule has 0 atom stereocenters. The molecule has 1 amide bonds. The lowest BCUT2D eigenvalue weighted by molar-refractivity contribution is -0.386. The first-order chi connectivity index (χ1) is 12.9. The normalized spacial score (nSPS) is 10.4. The number of anilines is 1. The van der Waals surface area contributed by atoms with Crippen molar-refractivity contribution in [1.82, 2.24) is 9.78 Å². The zero-order chi connectivity index (χ0) is 19.4. The average Bonchev–Trinajstić information content (AvgIpc) is 3.12. The van der Waals surface area contributed by atoms with E-state index in [1.807, 2.05) is 32.0 Å². The van der Waals surface area contributed by atoms with Crippen molar-refractivity contribution >= 4 is 17.3 Å². The minimum absolute atomic E-state index is 0.0538. The second-order valence-corrected chi connectivity index (χ2v) is 5.99. The molecule has 0 bridgehead atoms. The van der Waals surface area contributed by atoms with Crippen molar-refractivity contribution < 1.29 is 14.5 Å². The molecular formula is C19H18N4O4. The summed E-state index contributed by atoms with van der Waals surface area (Å²) >= 11 is 0. The topological polar surface area (TPSA) is 99.3 Å². The number of aromatic nitrogens is 2. The van der Waals surface area contributed by atoms with Gasteiger partial charge in [0.25, 0.3) is 5.91 Å². The maximum Gasteiger partial charge on any atom is 0.311 e. The van der Waals surface area contributed by atoms with E-state index < -0.39 is 4.92 Å². The molecule has 0 unspecified atom stereocenters. The lowest BCUT2D eigenvalue weighted by atomic mass is 10.1. The summed E-state index contributed by atoms with van der Waals surface area (Å²) in [4.78, 5) is 22.8. The Morgan fingerprint density at radius 3 is 2.70 bits per heavy atom. The minimum atomic E-state index is -0.513. The Labute approximate surface area is 155 Å². The summed E-state index contributed by atoms with van der Waals surface area (Å²) in [5.41, 5.74) is 3.01. The highest BCUT2D eigenvalue weighted by Crippen LogP contribution is 2.26. The first-order valence-electron chi connectivity index (χ1n) is 8.22. The Kier molecular flexibility index (Phi) is 5.16. The third-order valence-electron chi connectivity index (χ3n) is 4.05. The quantitative estimate of drug-likeness (QED) is 0.530. The van der Waals surface area contributed by atoms with Crippen LogP contribution in [0.3, 0.4) is 0 Å².